The number of ether oxygens (including phenoxy) is 1. The summed E-state index contributed by atoms with van der Waals surface area (Å²) < 4.78 is 5.30. The number of aryl methyl sites for hydroxylation is 1. The zero-order valence-electron chi connectivity index (χ0n) is 12.4. The summed E-state index contributed by atoms with van der Waals surface area (Å²) in [6.07, 6.45) is 3.76. The fraction of sp³-hybridized carbons (Fsp3) is 0.625. The molecule has 1 atom stereocenters. The van der Waals surface area contributed by atoms with Crippen molar-refractivity contribution in [2.75, 3.05) is 33.8 Å². The van der Waals surface area contributed by atoms with E-state index in [0.717, 1.165) is 25.3 Å². The third-order valence-electron chi connectivity index (χ3n) is 3.94. The highest BCUT2D eigenvalue weighted by molar-refractivity contribution is 5.36. The summed E-state index contributed by atoms with van der Waals surface area (Å²) in [5.41, 5.74) is 2.62. The predicted molar refractivity (Wildman–Crippen MR) is 80.0 cm³/mol. The topological polar surface area (TPSA) is 24.5 Å². The van der Waals surface area contributed by atoms with Gasteiger partial charge >= 0.3 is 0 Å². The lowest BCUT2D eigenvalue weighted by Gasteiger charge is -2.21. The first-order chi connectivity index (χ1) is 9.19. The van der Waals surface area contributed by atoms with Gasteiger partial charge in [-0.1, -0.05) is 12.1 Å². The van der Waals surface area contributed by atoms with Gasteiger partial charge in [-0.15, -0.1) is 0 Å². The maximum absolute atomic E-state index is 5.30. The van der Waals surface area contributed by atoms with Gasteiger partial charge in [-0.25, -0.2) is 0 Å². The number of rotatable bonds is 6. The van der Waals surface area contributed by atoms with Crippen molar-refractivity contribution in [1.29, 1.82) is 0 Å². The predicted octanol–water partition coefficient (Wildman–Crippen LogP) is 2.23. The fourth-order valence-corrected chi connectivity index (χ4v) is 2.80. The van der Waals surface area contributed by atoms with E-state index in [0.29, 0.717) is 6.04 Å². The molecule has 2 rings (SSSR count). The summed E-state index contributed by atoms with van der Waals surface area (Å²) in [5.74, 6) is 0.979. The van der Waals surface area contributed by atoms with Gasteiger partial charge in [-0.05, 0) is 57.0 Å². The molecular formula is C16H26N2O. The minimum atomic E-state index is 0.697. The van der Waals surface area contributed by atoms with Crippen LogP contribution in [0, 0.1) is 6.92 Å². The van der Waals surface area contributed by atoms with Gasteiger partial charge in [0, 0.05) is 19.1 Å². The van der Waals surface area contributed by atoms with Crippen molar-refractivity contribution in [3.63, 3.8) is 0 Å². The lowest BCUT2D eigenvalue weighted by Crippen LogP contribution is -2.36. The van der Waals surface area contributed by atoms with Gasteiger partial charge in [0.2, 0.25) is 0 Å². The Morgan fingerprint density at radius 3 is 2.89 bits per heavy atom. The van der Waals surface area contributed by atoms with Gasteiger partial charge in [0.05, 0.1) is 7.11 Å². The van der Waals surface area contributed by atoms with Crippen molar-refractivity contribution in [2.45, 2.75) is 32.2 Å². The van der Waals surface area contributed by atoms with Crippen molar-refractivity contribution in [3.8, 4) is 5.75 Å². The molecule has 1 aliphatic heterocycles. The van der Waals surface area contributed by atoms with Crippen LogP contribution in [0.5, 0.6) is 5.75 Å². The Kier molecular flexibility index (Phi) is 5.23. The van der Waals surface area contributed by atoms with E-state index < -0.39 is 0 Å². The minimum absolute atomic E-state index is 0.697. The largest absolute Gasteiger partial charge is 0.496 e. The van der Waals surface area contributed by atoms with E-state index in [1.165, 1.54) is 30.5 Å². The van der Waals surface area contributed by atoms with Crippen LogP contribution >= 0.6 is 0 Å². The molecule has 0 bridgehead atoms. The normalized spacial score (nSPS) is 19.1. The van der Waals surface area contributed by atoms with E-state index >= 15 is 0 Å². The van der Waals surface area contributed by atoms with Crippen LogP contribution in [0.1, 0.15) is 24.0 Å². The van der Waals surface area contributed by atoms with E-state index in [1.807, 2.05) is 0 Å². The molecular weight excluding hydrogens is 236 g/mol. The summed E-state index contributed by atoms with van der Waals surface area (Å²) in [6.45, 7) is 5.57. The molecule has 1 N–H and O–H groups in total. The first kappa shape index (κ1) is 14.4. The molecule has 0 radical (unpaired) electrons. The number of nitrogens with zero attached hydrogens (tertiary/aromatic N) is 1. The second kappa shape index (κ2) is 6.92. The molecule has 1 aromatic carbocycles. The molecule has 0 aliphatic carbocycles. The van der Waals surface area contributed by atoms with Crippen LogP contribution < -0.4 is 10.1 Å². The molecule has 0 saturated carbocycles. The van der Waals surface area contributed by atoms with Crippen LogP contribution in [0.4, 0.5) is 0 Å². The molecule has 0 amide bonds. The van der Waals surface area contributed by atoms with Gasteiger partial charge in [-0.3, -0.25) is 0 Å². The summed E-state index contributed by atoms with van der Waals surface area (Å²) in [5, 5.41) is 3.55. The average Bonchev–Trinajstić information content (AvgIpc) is 2.89. The molecule has 3 heteroatoms. The van der Waals surface area contributed by atoms with Gasteiger partial charge in [0.1, 0.15) is 5.75 Å². The highest BCUT2D eigenvalue weighted by Gasteiger charge is 2.15. The van der Waals surface area contributed by atoms with Crippen LogP contribution in [0.3, 0.4) is 0 Å². The van der Waals surface area contributed by atoms with Crippen molar-refractivity contribution in [2.24, 2.45) is 0 Å². The summed E-state index contributed by atoms with van der Waals surface area (Å²) in [7, 11) is 3.95. The molecule has 1 aromatic rings. The van der Waals surface area contributed by atoms with E-state index in [9.17, 15) is 0 Å². The fourth-order valence-electron chi connectivity index (χ4n) is 2.80. The van der Waals surface area contributed by atoms with Crippen molar-refractivity contribution < 1.29 is 4.74 Å². The maximum atomic E-state index is 5.30. The van der Waals surface area contributed by atoms with Gasteiger partial charge < -0.3 is 15.0 Å². The number of benzene rings is 1. The molecule has 19 heavy (non-hydrogen) atoms. The quantitative estimate of drug-likeness (QED) is 0.851. The van der Waals surface area contributed by atoms with Crippen LogP contribution in [0.25, 0.3) is 0 Å². The first-order valence-corrected chi connectivity index (χ1v) is 7.24. The maximum Gasteiger partial charge on any atom is 0.121 e. The number of hydrogen-bond acceptors (Lipinski definition) is 3. The Balaban J connectivity index is 1.79. The molecule has 1 heterocycles. The molecule has 1 unspecified atom stereocenters. The summed E-state index contributed by atoms with van der Waals surface area (Å²) in [6, 6.07) is 7.18. The summed E-state index contributed by atoms with van der Waals surface area (Å²) in [4.78, 5) is 2.43. The molecule has 1 saturated heterocycles. The standard InChI is InChI=1S/C16H26N2O/c1-13-11-14(6-7-16(13)19-3)8-10-18(2)12-15-5-4-9-17-15/h6-7,11,15,17H,4-5,8-10,12H2,1-3H3. The Hall–Kier alpha value is -1.06. The molecule has 1 aliphatic rings. The lowest BCUT2D eigenvalue weighted by atomic mass is 10.1. The monoisotopic (exact) mass is 262 g/mol. The van der Waals surface area contributed by atoms with Crippen molar-refractivity contribution >= 4 is 0 Å². The molecule has 106 valence electrons. The van der Waals surface area contributed by atoms with E-state index in [1.54, 1.807) is 7.11 Å². The Labute approximate surface area is 116 Å². The Bertz CT molecular complexity index is 400. The second-order valence-corrected chi connectivity index (χ2v) is 5.61. The Morgan fingerprint density at radius 2 is 2.26 bits per heavy atom. The van der Waals surface area contributed by atoms with Crippen molar-refractivity contribution in [3.05, 3.63) is 29.3 Å². The van der Waals surface area contributed by atoms with Crippen molar-refractivity contribution in [1.82, 2.24) is 10.2 Å². The zero-order chi connectivity index (χ0) is 13.7. The number of likely N-dealkylation sites (N-methyl/N-ethyl adjacent to an activating group) is 1. The van der Waals surface area contributed by atoms with E-state index in [2.05, 4.69) is 42.4 Å². The van der Waals surface area contributed by atoms with E-state index in [-0.39, 0.29) is 0 Å². The molecule has 3 nitrogen and oxygen atoms in total. The molecule has 0 aromatic heterocycles. The number of nitrogens with one attached hydrogen (secondary N) is 1. The number of hydrogen-bond donors (Lipinski definition) is 1. The van der Waals surface area contributed by atoms with Gasteiger partial charge in [0.15, 0.2) is 0 Å². The highest BCUT2D eigenvalue weighted by atomic mass is 16.5. The van der Waals surface area contributed by atoms with Crippen LogP contribution in [0.2, 0.25) is 0 Å². The van der Waals surface area contributed by atoms with Gasteiger partial charge in [0.25, 0.3) is 0 Å². The Morgan fingerprint density at radius 1 is 1.42 bits per heavy atom. The highest BCUT2D eigenvalue weighted by Crippen LogP contribution is 2.18. The third-order valence-corrected chi connectivity index (χ3v) is 3.94. The number of methoxy groups -OCH3 is 1. The van der Waals surface area contributed by atoms with Crippen LogP contribution in [0.15, 0.2) is 18.2 Å². The zero-order valence-corrected chi connectivity index (χ0v) is 12.4. The lowest BCUT2D eigenvalue weighted by molar-refractivity contribution is 0.303. The first-order valence-electron chi connectivity index (χ1n) is 7.24. The van der Waals surface area contributed by atoms with Crippen LogP contribution in [-0.4, -0.2) is 44.7 Å². The molecule has 0 spiro atoms. The SMILES string of the molecule is COc1ccc(CCN(C)CC2CCCN2)cc1C. The third kappa shape index (κ3) is 4.22. The minimum Gasteiger partial charge on any atom is -0.496 e. The second-order valence-electron chi connectivity index (χ2n) is 5.61. The van der Waals surface area contributed by atoms with E-state index in [4.69, 9.17) is 4.74 Å². The van der Waals surface area contributed by atoms with Gasteiger partial charge in [-0.2, -0.15) is 0 Å². The molecule has 1 fully saturated rings. The summed E-state index contributed by atoms with van der Waals surface area (Å²) >= 11 is 0. The average molecular weight is 262 g/mol. The smallest absolute Gasteiger partial charge is 0.121 e. The van der Waals surface area contributed by atoms with Crippen LogP contribution in [-0.2, 0) is 6.42 Å².